The second kappa shape index (κ2) is 8.45. The summed E-state index contributed by atoms with van der Waals surface area (Å²) in [4.78, 5) is 33.2. The van der Waals surface area contributed by atoms with Gasteiger partial charge in [0.1, 0.15) is 12.3 Å². The van der Waals surface area contributed by atoms with E-state index in [0.29, 0.717) is 36.2 Å². The Morgan fingerprint density at radius 3 is 2.66 bits per heavy atom. The predicted octanol–water partition coefficient (Wildman–Crippen LogP) is 3.18. The van der Waals surface area contributed by atoms with E-state index in [0.717, 1.165) is 24.0 Å². The number of likely N-dealkylation sites (tertiary alicyclic amines) is 1. The fraction of sp³-hybridized carbons (Fsp3) is 0.333. The van der Waals surface area contributed by atoms with Gasteiger partial charge >= 0.3 is 0 Å². The average molecular weight is 432 g/mol. The number of rotatable bonds is 4. The number of aromatic nitrogens is 2. The number of hydrogen-bond donors (Lipinski definition) is 0. The highest BCUT2D eigenvalue weighted by Crippen LogP contribution is 2.32. The lowest BCUT2D eigenvalue weighted by molar-refractivity contribution is -0.133. The van der Waals surface area contributed by atoms with Crippen molar-refractivity contribution in [2.75, 3.05) is 31.1 Å². The monoisotopic (exact) mass is 432 g/mol. The highest BCUT2D eigenvalue weighted by atomic mass is 16.5. The quantitative estimate of drug-likeness (QED) is 0.629. The summed E-state index contributed by atoms with van der Waals surface area (Å²) in [5.74, 6) is 1.68. The summed E-state index contributed by atoms with van der Waals surface area (Å²) >= 11 is 0. The number of para-hydroxylation sites is 2. The van der Waals surface area contributed by atoms with Gasteiger partial charge in [0.05, 0.1) is 5.69 Å². The van der Waals surface area contributed by atoms with E-state index >= 15 is 0 Å². The van der Waals surface area contributed by atoms with Gasteiger partial charge in [0.25, 0.3) is 5.91 Å². The molecule has 2 aromatic carbocycles. The van der Waals surface area contributed by atoms with E-state index in [1.54, 1.807) is 17.0 Å². The van der Waals surface area contributed by atoms with Gasteiger partial charge in [-0.05, 0) is 37.5 Å². The number of hydrogen-bond acceptors (Lipinski definition) is 6. The van der Waals surface area contributed by atoms with Crippen LogP contribution in [0.2, 0.25) is 0 Å². The molecule has 0 aliphatic carbocycles. The molecule has 0 saturated carbocycles. The van der Waals surface area contributed by atoms with Crippen LogP contribution >= 0.6 is 0 Å². The Balaban J connectivity index is 1.22. The summed E-state index contributed by atoms with van der Waals surface area (Å²) in [5.41, 5.74) is 2.70. The predicted molar refractivity (Wildman–Crippen MR) is 117 cm³/mol. The Kier molecular flexibility index (Phi) is 5.34. The molecule has 3 aromatic rings. The van der Waals surface area contributed by atoms with Crippen molar-refractivity contribution in [1.29, 1.82) is 0 Å². The van der Waals surface area contributed by atoms with Crippen molar-refractivity contribution in [3.63, 3.8) is 0 Å². The number of nitrogens with zero attached hydrogens (tertiary/aromatic N) is 4. The van der Waals surface area contributed by atoms with Crippen molar-refractivity contribution in [2.45, 2.75) is 25.7 Å². The number of ether oxygens (including phenoxy) is 1. The largest absolute Gasteiger partial charge is 0.482 e. The van der Waals surface area contributed by atoms with E-state index in [4.69, 9.17) is 9.26 Å². The first kappa shape index (κ1) is 20.2. The molecule has 164 valence electrons. The minimum atomic E-state index is -0.207. The standard InChI is InChI=1S/C24H24N4O4/c1-16-6-2-3-7-18(16)23-25-24(32-26-23)17-10-12-27(13-11-17)21(29)14-28-19-8-4-5-9-20(19)31-15-22(28)30/h2-9,17H,10-15H2,1H3. The van der Waals surface area contributed by atoms with E-state index in [2.05, 4.69) is 10.1 Å². The zero-order chi connectivity index (χ0) is 22.1. The molecule has 1 aromatic heterocycles. The fourth-order valence-electron chi connectivity index (χ4n) is 4.27. The lowest BCUT2D eigenvalue weighted by atomic mass is 9.96. The molecular formula is C24H24N4O4. The van der Waals surface area contributed by atoms with E-state index < -0.39 is 0 Å². The Morgan fingerprint density at radius 1 is 1.09 bits per heavy atom. The first-order chi connectivity index (χ1) is 15.6. The highest BCUT2D eigenvalue weighted by molar-refractivity contribution is 6.02. The molecular weight excluding hydrogens is 408 g/mol. The summed E-state index contributed by atoms with van der Waals surface area (Å²) in [6.45, 7) is 3.17. The molecule has 0 N–H and O–H groups in total. The maximum absolute atomic E-state index is 12.9. The summed E-state index contributed by atoms with van der Waals surface area (Å²) in [6.07, 6.45) is 1.49. The third kappa shape index (κ3) is 3.84. The zero-order valence-corrected chi connectivity index (χ0v) is 17.9. The maximum Gasteiger partial charge on any atom is 0.265 e. The number of benzene rings is 2. The van der Waals surface area contributed by atoms with Crippen LogP contribution in [0.3, 0.4) is 0 Å². The van der Waals surface area contributed by atoms with Gasteiger partial charge in [-0.1, -0.05) is 41.6 Å². The van der Waals surface area contributed by atoms with Gasteiger partial charge in [-0.15, -0.1) is 0 Å². The van der Waals surface area contributed by atoms with Crippen LogP contribution in [0.5, 0.6) is 5.75 Å². The number of aryl methyl sites for hydroxylation is 1. The number of fused-ring (bicyclic) bond motifs is 1. The zero-order valence-electron chi connectivity index (χ0n) is 17.9. The number of piperidine rings is 1. The number of amides is 2. The van der Waals surface area contributed by atoms with Gasteiger partial charge < -0.3 is 14.2 Å². The van der Waals surface area contributed by atoms with Crippen LogP contribution in [-0.2, 0) is 9.59 Å². The molecule has 3 heterocycles. The molecule has 0 radical (unpaired) electrons. The summed E-state index contributed by atoms with van der Waals surface area (Å²) in [5, 5.41) is 4.16. The van der Waals surface area contributed by atoms with Crippen LogP contribution in [0.4, 0.5) is 5.69 Å². The molecule has 2 aliphatic heterocycles. The van der Waals surface area contributed by atoms with Crippen LogP contribution in [-0.4, -0.2) is 53.1 Å². The van der Waals surface area contributed by atoms with Crippen molar-refractivity contribution < 1.29 is 18.8 Å². The van der Waals surface area contributed by atoms with Crippen molar-refractivity contribution in [2.24, 2.45) is 0 Å². The Morgan fingerprint density at radius 2 is 1.84 bits per heavy atom. The number of anilines is 1. The smallest absolute Gasteiger partial charge is 0.265 e. The van der Waals surface area contributed by atoms with Gasteiger partial charge in [-0.25, -0.2) is 0 Å². The van der Waals surface area contributed by atoms with Gasteiger partial charge in [-0.3, -0.25) is 14.5 Å². The Labute approximate surface area is 185 Å². The summed E-state index contributed by atoms with van der Waals surface area (Å²) in [7, 11) is 0. The van der Waals surface area contributed by atoms with Crippen LogP contribution in [0, 0.1) is 6.92 Å². The Bertz CT molecular complexity index is 1150. The second-order valence-corrected chi connectivity index (χ2v) is 8.16. The number of carbonyl (C=O) groups is 2. The van der Waals surface area contributed by atoms with E-state index in [9.17, 15) is 9.59 Å². The molecule has 2 amide bonds. The van der Waals surface area contributed by atoms with Crippen LogP contribution < -0.4 is 9.64 Å². The number of carbonyl (C=O) groups excluding carboxylic acids is 2. The molecule has 8 heteroatoms. The van der Waals surface area contributed by atoms with Gasteiger partial charge in [0.2, 0.25) is 17.6 Å². The Hall–Kier alpha value is -3.68. The SMILES string of the molecule is Cc1ccccc1-c1noc(C2CCN(C(=O)CN3C(=O)COc4ccccc43)CC2)n1. The molecule has 0 atom stereocenters. The van der Waals surface area contributed by atoms with Gasteiger partial charge in [0.15, 0.2) is 6.61 Å². The normalized spacial score (nSPS) is 16.6. The minimum absolute atomic E-state index is 0.0157. The van der Waals surface area contributed by atoms with Crippen LogP contribution in [0.15, 0.2) is 53.1 Å². The third-order valence-electron chi connectivity index (χ3n) is 6.13. The minimum Gasteiger partial charge on any atom is -0.482 e. The maximum atomic E-state index is 12.9. The second-order valence-electron chi connectivity index (χ2n) is 8.16. The topological polar surface area (TPSA) is 88.8 Å². The molecule has 8 nitrogen and oxygen atoms in total. The molecule has 1 saturated heterocycles. The van der Waals surface area contributed by atoms with E-state index in [-0.39, 0.29) is 30.9 Å². The highest BCUT2D eigenvalue weighted by Gasteiger charge is 2.31. The van der Waals surface area contributed by atoms with Crippen molar-refractivity contribution in [3.05, 3.63) is 60.0 Å². The van der Waals surface area contributed by atoms with Gasteiger partial charge in [0, 0.05) is 24.6 Å². The summed E-state index contributed by atoms with van der Waals surface area (Å²) < 4.78 is 11.0. The fourth-order valence-corrected chi connectivity index (χ4v) is 4.27. The van der Waals surface area contributed by atoms with Gasteiger partial charge in [-0.2, -0.15) is 4.98 Å². The first-order valence-corrected chi connectivity index (χ1v) is 10.8. The molecule has 32 heavy (non-hydrogen) atoms. The van der Waals surface area contributed by atoms with Crippen molar-refractivity contribution >= 4 is 17.5 Å². The first-order valence-electron chi connectivity index (χ1n) is 10.8. The van der Waals surface area contributed by atoms with E-state index in [1.807, 2.05) is 43.3 Å². The molecule has 0 bridgehead atoms. The third-order valence-corrected chi connectivity index (χ3v) is 6.13. The summed E-state index contributed by atoms with van der Waals surface area (Å²) in [6, 6.07) is 15.2. The molecule has 1 fully saturated rings. The molecule has 0 spiro atoms. The molecule has 5 rings (SSSR count). The van der Waals surface area contributed by atoms with E-state index in [1.165, 1.54) is 4.90 Å². The van der Waals surface area contributed by atoms with Crippen LogP contribution in [0.1, 0.15) is 30.2 Å². The lowest BCUT2D eigenvalue weighted by Crippen LogP contribution is -2.48. The molecule has 0 unspecified atom stereocenters. The van der Waals surface area contributed by atoms with Crippen LogP contribution in [0.25, 0.3) is 11.4 Å². The van der Waals surface area contributed by atoms with Crippen molar-refractivity contribution in [1.82, 2.24) is 15.0 Å². The average Bonchev–Trinajstić information content (AvgIpc) is 3.31. The molecule has 2 aliphatic rings. The van der Waals surface area contributed by atoms with Crippen molar-refractivity contribution in [3.8, 4) is 17.1 Å². The lowest BCUT2D eigenvalue weighted by Gasteiger charge is -2.34.